The van der Waals surface area contributed by atoms with Crippen LogP contribution in [-0.4, -0.2) is 5.78 Å². The Morgan fingerprint density at radius 3 is 2.56 bits per heavy atom. The Kier molecular flexibility index (Phi) is 5.33. The Hall–Kier alpha value is -0.890. The van der Waals surface area contributed by atoms with Crippen LogP contribution in [-0.2, 0) is 11.2 Å². The lowest BCUT2D eigenvalue weighted by Crippen LogP contribution is -2.08. The molecule has 0 spiro atoms. The molecule has 0 atom stereocenters. The molecule has 1 aromatic rings. The first kappa shape index (κ1) is 15.2. The fourth-order valence-electron chi connectivity index (χ4n) is 1.78. The van der Waals surface area contributed by atoms with Crippen LogP contribution in [0.3, 0.4) is 0 Å². The van der Waals surface area contributed by atoms with Crippen LogP contribution in [0.1, 0.15) is 45.6 Å². The minimum atomic E-state index is -0.371. The number of ketones is 1. The van der Waals surface area contributed by atoms with Gasteiger partial charge in [-0.15, -0.1) is 0 Å². The summed E-state index contributed by atoms with van der Waals surface area (Å²) < 4.78 is 12.8. The highest BCUT2D eigenvalue weighted by molar-refractivity contribution is 6.31. The predicted molar refractivity (Wildman–Crippen MR) is 73.4 cm³/mol. The zero-order valence-electron chi connectivity index (χ0n) is 11.2. The largest absolute Gasteiger partial charge is 0.299 e. The molecule has 1 aromatic carbocycles. The lowest BCUT2D eigenvalue weighted by Gasteiger charge is -2.17. The molecule has 0 amide bonds. The van der Waals surface area contributed by atoms with Crippen molar-refractivity contribution in [2.45, 2.75) is 46.5 Å². The summed E-state index contributed by atoms with van der Waals surface area (Å²) >= 11 is 5.89. The first-order valence-electron chi connectivity index (χ1n) is 6.23. The molecule has 0 heterocycles. The third-order valence-corrected chi connectivity index (χ3v) is 3.14. The molecule has 100 valence electrons. The highest BCUT2D eigenvalue weighted by Gasteiger charge is 2.12. The van der Waals surface area contributed by atoms with Crippen LogP contribution < -0.4 is 0 Å². The predicted octanol–water partition coefficient (Wildman–Crippen LogP) is 4.81. The summed E-state index contributed by atoms with van der Waals surface area (Å²) in [6.45, 7) is 6.48. The van der Waals surface area contributed by atoms with Crippen molar-refractivity contribution in [3.63, 3.8) is 0 Å². The first-order valence-corrected chi connectivity index (χ1v) is 6.61. The van der Waals surface area contributed by atoms with Gasteiger partial charge in [0.25, 0.3) is 0 Å². The Labute approximate surface area is 113 Å². The lowest BCUT2D eigenvalue weighted by molar-refractivity contribution is -0.118. The average Bonchev–Trinajstić information content (AvgIpc) is 2.20. The lowest BCUT2D eigenvalue weighted by atomic mass is 9.89. The van der Waals surface area contributed by atoms with Gasteiger partial charge in [-0.05, 0) is 36.0 Å². The zero-order chi connectivity index (χ0) is 13.8. The number of rotatable bonds is 5. The van der Waals surface area contributed by atoms with Crippen LogP contribution in [0.15, 0.2) is 18.2 Å². The molecular weight excluding hydrogens is 251 g/mol. The summed E-state index contributed by atoms with van der Waals surface area (Å²) in [5, 5.41) is 0.333. The molecule has 0 saturated carbocycles. The van der Waals surface area contributed by atoms with E-state index >= 15 is 0 Å². The van der Waals surface area contributed by atoms with Crippen molar-refractivity contribution in [1.29, 1.82) is 0 Å². The summed E-state index contributed by atoms with van der Waals surface area (Å²) in [5.41, 5.74) is 0.965. The monoisotopic (exact) mass is 270 g/mol. The van der Waals surface area contributed by atoms with Gasteiger partial charge >= 0.3 is 0 Å². The fourth-order valence-corrected chi connectivity index (χ4v) is 2.02. The van der Waals surface area contributed by atoms with E-state index in [0.29, 0.717) is 23.4 Å². The number of hydrogen-bond donors (Lipinski definition) is 0. The Morgan fingerprint density at radius 2 is 2.00 bits per heavy atom. The summed E-state index contributed by atoms with van der Waals surface area (Å²) in [6, 6.07) is 4.17. The van der Waals surface area contributed by atoms with Crippen molar-refractivity contribution >= 4 is 17.4 Å². The normalized spacial score (nSPS) is 11.6. The summed E-state index contributed by atoms with van der Waals surface area (Å²) in [6.07, 6.45) is 2.77. The smallest absolute Gasteiger partial charge is 0.137 e. The van der Waals surface area contributed by atoms with Crippen molar-refractivity contribution in [1.82, 2.24) is 0 Å². The molecular formula is C15H20ClFO. The van der Waals surface area contributed by atoms with Crippen molar-refractivity contribution in [3.8, 4) is 0 Å². The van der Waals surface area contributed by atoms with Gasteiger partial charge in [-0.3, -0.25) is 4.79 Å². The maximum Gasteiger partial charge on any atom is 0.137 e. The van der Waals surface area contributed by atoms with Gasteiger partial charge in [-0.2, -0.15) is 0 Å². The van der Waals surface area contributed by atoms with Crippen LogP contribution in [0.5, 0.6) is 0 Å². The number of carbonyl (C=O) groups is 1. The molecule has 0 aliphatic rings. The number of benzene rings is 1. The number of carbonyl (C=O) groups excluding carboxylic acids is 1. The highest BCUT2D eigenvalue weighted by atomic mass is 35.5. The second-order valence-electron chi connectivity index (χ2n) is 5.87. The average molecular weight is 271 g/mol. The minimum Gasteiger partial charge on any atom is -0.299 e. The SMILES string of the molecule is CC(C)(C)CCCC(=O)Cc1ccc(F)cc1Cl. The van der Waals surface area contributed by atoms with E-state index in [1.54, 1.807) is 6.07 Å². The first-order chi connectivity index (χ1) is 8.28. The number of Topliss-reactive ketones (excluding diaryl/α,β-unsaturated/α-hetero) is 1. The third-order valence-electron chi connectivity index (χ3n) is 2.79. The standard InChI is InChI=1S/C15H20ClFO/c1-15(2,3)8-4-5-13(18)9-11-6-7-12(17)10-14(11)16/h6-7,10H,4-5,8-9H2,1-3H3. The van der Waals surface area contributed by atoms with Crippen LogP contribution in [0, 0.1) is 11.2 Å². The molecule has 1 nitrogen and oxygen atoms in total. The number of hydrogen-bond acceptors (Lipinski definition) is 1. The fraction of sp³-hybridized carbons (Fsp3) is 0.533. The van der Waals surface area contributed by atoms with E-state index in [1.807, 2.05) is 0 Å². The van der Waals surface area contributed by atoms with Gasteiger partial charge in [-0.1, -0.05) is 38.4 Å². The van der Waals surface area contributed by atoms with Crippen LogP contribution >= 0.6 is 11.6 Å². The van der Waals surface area contributed by atoms with Gasteiger partial charge in [0.15, 0.2) is 0 Å². The highest BCUT2D eigenvalue weighted by Crippen LogP contribution is 2.23. The quantitative estimate of drug-likeness (QED) is 0.751. The molecule has 0 fully saturated rings. The van der Waals surface area contributed by atoms with E-state index in [-0.39, 0.29) is 17.0 Å². The Morgan fingerprint density at radius 1 is 1.33 bits per heavy atom. The van der Waals surface area contributed by atoms with Crippen molar-refractivity contribution < 1.29 is 9.18 Å². The maximum atomic E-state index is 12.8. The molecule has 0 aliphatic heterocycles. The summed E-state index contributed by atoms with van der Waals surface area (Å²) in [4.78, 5) is 11.8. The van der Waals surface area contributed by atoms with E-state index in [0.717, 1.165) is 12.8 Å². The van der Waals surface area contributed by atoms with Crippen molar-refractivity contribution in [2.75, 3.05) is 0 Å². The van der Waals surface area contributed by atoms with Gasteiger partial charge in [-0.25, -0.2) is 4.39 Å². The van der Waals surface area contributed by atoms with E-state index in [9.17, 15) is 9.18 Å². The summed E-state index contributed by atoms with van der Waals surface area (Å²) in [5.74, 6) is -0.211. The second-order valence-corrected chi connectivity index (χ2v) is 6.27. The molecule has 0 saturated heterocycles. The van der Waals surface area contributed by atoms with Gasteiger partial charge in [0, 0.05) is 17.9 Å². The Balaban J connectivity index is 2.45. The zero-order valence-corrected chi connectivity index (χ0v) is 12.0. The second kappa shape index (κ2) is 6.33. The van der Waals surface area contributed by atoms with Crippen LogP contribution in [0.25, 0.3) is 0 Å². The van der Waals surface area contributed by atoms with Crippen molar-refractivity contribution in [3.05, 3.63) is 34.6 Å². The minimum absolute atomic E-state index is 0.160. The molecule has 3 heteroatoms. The van der Waals surface area contributed by atoms with Gasteiger partial charge in [0.05, 0.1) is 0 Å². The van der Waals surface area contributed by atoms with E-state index < -0.39 is 0 Å². The maximum absolute atomic E-state index is 12.8. The van der Waals surface area contributed by atoms with E-state index in [1.165, 1.54) is 12.1 Å². The molecule has 0 N–H and O–H groups in total. The molecule has 0 bridgehead atoms. The van der Waals surface area contributed by atoms with Crippen LogP contribution in [0.4, 0.5) is 4.39 Å². The van der Waals surface area contributed by atoms with Gasteiger partial charge < -0.3 is 0 Å². The molecule has 0 unspecified atom stereocenters. The third kappa shape index (κ3) is 5.63. The topological polar surface area (TPSA) is 17.1 Å². The van der Waals surface area contributed by atoms with Gasteiger partial charge in [0.1, 0.15) is 11.6 Å². The van der Waals surface area contributed by atoms with E-state index in [2.05, 4.69) is 20.8 Å². The molecule has 0 radical (unpaired) electrons. The van der Waals surface area contributed by atoms with Crippen molar-refractivity contribution in [2.24, 2.45) is 5.41 Å². The molecule has 0 aliphatic carbocycles. The molecule has 1 rings (SSSR count). The summed E-state index contributed by atoms with van der Waals surface area (Å²) in [7, 11) is 0. The van der Waals surface area contributed by atoms with E-state index in [4.69, 9.17) is 11.6 Å². The molecule has 0 aromatic heterocycles. The molecule has 18 heavy (non-hydrogen) atoms. The Bertz CT molecular complexity index is 421. The van der Waals surface area contributed by atoms with Gasteiger partial charge in [0.2, 0.25) is 0 Å². The van der Waals surface area contributed by atoms with Crippen LogP contribution in [0.2, 0.25) is 5.02 Å². The number of halogens is 2.